The van der Waals surface area contributed by atoms with Crippen LogP contribution in [0.25, 0.3) is 22.0 Å². The van der Waals surface area contributed by atoms with E-state index in [1.807, 2.05) is 13.8 Å². The summed E-state index contributed by atoms with van der Waals surface area (Å²) in [6.07, 6.45) is -4.08. The highest BCUT2D eigenvalue weighted by molar-refractivity contribution is 7.15. The van der Waals surface area contributed by atoms with Crippen LogP contribution in [0.4, 0.5) is 13.2 Å². The Morgan fingerprint density at radius 3 is 2.50 bits per heavy atom. The van der Waals surface area contributed by atoms with Crippen LogP contribution >= 0.6 is 11.3 Å². The number of benzene rings is 2. The van der Waals surface area contributed by atoms with Gasteiger partial charge in [0.2, 0.25) is 0 Å². The van der Waals surface area contributed by atoms with Gasteiger partial charge in [-0.2, -0.15) is 13.2 Å². The van der Waals surface area contributed by atoms with Gasteiger partial charge in [0, 0.05) is 11.6 Å². The van der Waals surface area contributed by atoms with Gasteiger partial charge in [-0.05, 0) is 37.6 Å². The maximum absolute atomic E-state index is 12.9. The van der Waals surface area contributed by atoms with Gasteiger partial charge in [0.05, 0.1) is 28.8 Å². The normalized spacial score (nSPS) is 12.5. The van der Waals surface area contributed by atoms with Gasteiger partial charge in [-0.1, -0.05) is 24.2 Å². The maximum Gasteiger partial charge on any atom is 0.439 e. The van der Waals surface area contributed by atoms with E-state index in [1.54, 1.807) is 18.2 Å². The van der Waals surface area contributed by atoms with Crippen LogP contribution in [0.3, 0.4) is 0 Å². The van der Waals surface area contributed by atoms with E-state index >= 15 is 0 Å². The van der Waals surface area contributed by atoms with Crippen molar-refractivity contribution in [1.29, 1.82) is 0 Å². The number of alkyl halides is 3. The van der Waals surface area contributed by atoms with E-state index in [0.717, 1.165) is 22.7 Å². The highest BCUT2D eigenvalue weighted by atomic mass is 32.1. The van der Waals surface area contributed by atoms with E-state index in [2.05, 4.69) is 19.6 Å². The summed E-state index contributed by atoms with van der Waals surface area (Å²) in [5.74, 6) is 0.526. The number of aromatic nitrogens is 3. The van der Waals surface area contributed by atoms with Crippen LogP contribution in [0, 0.1) is 6.92 Å². The third-order valence-electron chi connectivity index (χ3n) is 5.10. The van der Waals surface area contributed by atoms with Gasteiger partial charge in [-0.15, -0.1) is 11.3 Å². The SMILES string of the molecule is CCC(Oc1ccc(-c2noc(=O)[nH]2)c(OC)c1)c1sc(-c2ccc(C(F)(F)F)cc2)nc1C. The fourth-order valence-corrected chi connectivity index (χ4v) is 4.59. The van der Waals surface area contributed by atoms with Crippen molar-refractivity contribution in [3.63, 3.8) is 0 Å². The zero-order valence-corrected chi connectivity index (χ0v) is 19.2. The minimum Gasteiger partial charge on any atom is -0.496 e. The number of hydrogen-bond acceptors (Lipinski definition) is 7. The first kappa shape index (κ1) is 23.6. The van der Waals surface area contributed by atoms with Gasteiger partial charge in [-0.3, -0.25) is 9.51 Å². The second-order valence-electron chi connectivity index (χ2n) is 7.36. The topological polar surface area (TPSA) is 90.2 Å². The van der Waals surface area contributed by atoms with Crippen molar-refractivity contribution in [2.75, 3.05) is 7.11 Å². The van der Waals surface area contributed by atoms with Crippen molar-refractivity contribution in [1.82, 2.24) is 15.1 Å². The first-order valence-electron chi connectivity index (χ1n) is 10.3. The lowest BCUT2D eigenvalue weighted by atomic mass is 10.1. The Morgan fingerprint density at radius 1 is 1.18 bits per heavy atom. The molecule has 0 spiro atoms. The van der Waals surface area contributed by atoms with Crippen LogP contribution in [0.1, 0.15) is 35.6 Å². The van der Waals surface area contributed by atoms with E-state index < -0.39 is 17.5 Å². The van der Waals surface area contributed by atoms with Crippen LogP contribution in [0.15, 0.2) is 51.8 Å². The Labute approximate surface area is 196 Å². The molecule has 0 aliphatic heterocycles. The van der Waals surface area contributed by atoms with Crippen LogP contribution < -0.4 is 15.2 Å². The standard InChI is InChI=1S/C23H20F3N3O4S/c1-4-17(32-15-9-10-16(18(11-15)31-3)20-28-22(30)33-29-20)19-12(2)27-21(34-19)13-5-7-14(8-6-13)23(24,25)26/h5-11,17H,4H2,1-3H3,(H,28,29,30). The molecule has 4 rings (SSSR count). The quantitative estimate of drug-likeness (QED) is 0.340. The third-order valence-corrected chi connectivity index (χ3v) is 6.40. The summed E-state index contributed by atoms with van der Waals surface area (Å²) in [6, 6.07) is 10.0. The third kappa shape index (κ3) is 4.84. The Kier molecular flexibility index (Phi) is 6.47. The Morgan fingerprint density at radius 2 is 1.91 bits per heavy atom. The molecule has 0 aliphatic carbocycles. The van der Waals surface area contributed by atoms with Crippen molar-refractivity contribution in [3.05, 3.63) is 69.1 Å². The second-order valence-corrected chi connectivity index (χ2v) is 8.39. The number of hydrogen-bond donors (Lipinski definition) is 1. The number of ether oxygens (including phenoxy) is 2. The van der Waals surface area contributed by atoms with E-state index in [9.17, 15) is 18.0 Å². The number of thiazole rings is 1. The van der Waals surface area contributed by atoms with Crippen LogP contribution in [-0.4, -0.2) is 22.2 Å². The molecular weight excluding hydrogens is 471 g/mol. The molecule has 1 N–H and O–H groups in total. The molecule has 0 saturated heterocycles. The van der Waals surface area contributed by atoms with E-state index in [1.165, 1.54) is 30.6 Å². The summed E-state index contributed by atoms with van der Waals surface area (Å²) >= 11 is 1.38. The molecule has 2 heterocycles. The molecule has 7 nitrogen and oxygen atoms in total. The fourth-order valence-electron chi connectivity index (χ4n) is 3.41. The Balaban J connectivity index is 1.58. The summed E-state index contributed by atoms with van der Waals surface area (Å²) in [4.78, 5) is 19.2. The first-order chi connectivity index (χ1) is 16.2. The summed E-state index contributed by atoms with van der Waals surface area (Å²) in [6.45, 7) is 3.81. The molecule has 0 fully saturated rings. The zero-order chi connectivity index (χ0) is 24.5. The number of aromatic amines is 1. The van der Waals surface area contributed by atoms with Gasteiger partial charge in [0.15, 0.2) is 5.82 Å². The van der Waals surface area contributed by atoms with Gasteiger partial charge < -0.3 is 9.47 Å². The number of H-pyrrole nitrogens is 1. The van der Waals surface area contributed by atoms with Crippen LogP contribution in [0.5, 0.6) is 11.5 Å². The fraction of sp³-hybridized carbons (Fsp3) is 0.261. The van der Waals surface area contributed by atoms with E-state index in [-0.39, 0.29) is 11.9 Å². The van der Waals surface area contributed by atoms with Crippen LogP contribution in [0.2, 0.25) is 0 Å². The summed E-state index contributed by atoms with van der Waals surface area (Å²) < 4.78 is 54.8. The minimum absolute atomic E-state index is 0.236. The van der Waals surface area contributed by atoms with E-state index in [4.69, 9.17) is 9.47 Å². The summed E-state index contributed by atoms with van der Waals surface area (Å²) in [5.41, 5.74) is 1.18. The summed E-state index contributed by atoms with van der Waals surface area (Å²) in [5, 5.41) is 4.29. The highest BCUT2D eigenvalue weighted by Crippen LogP contribution is 2.38. The van der Waals surface area contributed by atoms with Crippen molar-refractivity contribution in [2.45, 2.75) is 32.5 Å². The molecule has 0 radical (unpaired) electrons. The molecule has 34 heavy (non-hydrogen) atoms. The van der Waals surface area contributed by atoms with Gasteiger partial charge in [0.1, 0.15) is 22.6 Å². The number of nitrogens with zero attached hydrogens (tertiary/aromatic N) is 2. The van der Waals surface area contributed by atoms with Crippen molar-refractivity contribution >= 4 is 11.3 Å². The van der Waals surface area contributed by atoms with Crippen molar-refractivity contribution in [2.24, 2.45) is 0 Å². The summed E-state index contributed by atoms with van der Waals surface area (Å²) in [7, 11) is 1.49. The Bertz CT molecular complexity index is 1340. The molecule has 0 aliphatic rings. The number of methoxy groups -OCH3 is 1. The molecule has 1 atom stereocenters. The molecule has 11 heteroatoms. The van der Waals surface area contributed by atoms with Crippen LogP contribution in [-0.2, 0) is 6.18 Å². The number of rotatable bonds is 7. The molecule has 178 valence electrons. The van der Waals surface area contributed by atoms with Crippen molar-refractivity contribution < 1.29 is 27.2 Å². The molecule has 2 aromatic heterocycles. The second kappa shape index (κ2) is 9.34. The maximum atomic E-state index is 12.9. The predicted molar refractivity (Wildman–Crippen MR) is 120 cm³/mol. The van der Waals surface area contributed by atoms with Gasteiger partial charge >= 0.3 is 11.9 Å². The van der Waals surface area contributed by atoms with Gasteiger partial charge in [-0.25, -0.2) is 9.78 Å². The zero-order valence-electron chi connectivity index (χ0n) is 18.4. The molecule has 0 amide bonds. The lowest BCUT2D eigenvalue weighted by Gasteiger charge is -2.18. The largest absolute Gasteiger partial charge is 0.496 e. The lowest BCUT2D eigenvalue weighted by Crippen LogP contribution is -2.06. The first-order valence-corrected chi connectivity index (χ1v) is 11.1. The predicted octanol–water partition coefficient (Wildman–Crippen LogP) is 6.02. The molecule has 0 bridgehead atoms. The number of nitrogens with one attached hydrogen (secondary N) is 1. The van der Waals surface area contributed by atoms with Gasteiger partial charge in [0.25, 0.3) is 0 Å². The number of aryl methyl sites for hydroxylation is 1. The molecule has 1 unspecified atom stereocenters. The molecule has 2 aromatic carbocycles. The molecular formula is C23H20F3N3O4S. The highest BCUT2D eigenvalue weighted by Gasteiger charge is 2.30. The lowest BCUT2D eigenvalue weighted by molar-refractivity contribution is -0.137. The minimum atomic E-state index is -4.39. The average molecular weight is 491 g/mol. The number of halogens is 3. The average Bonchev–Trinajstić information content (AvgIpc) is 3.42. The molecule has 4 aromatic rings. The smallest absolute Gasteiger partial charge is 0.439 e. The van der Waals surface area contributed by atoms with E-state index in [0.29, 0.717) is 34.1 Å². The monoisotopic (exact) mass is 491 g/mol. The van der Waals surface area contributed by atoms with Crippen molar-refractivity contribution in [3.8, 4) is 33.5 Å². The Hall–Kier alpha value is -3.60. The molecule has 0 saturated carbocycles.